The highest BCUT2D eigenvalue weighted by atomic mass is 16.2. The van der Waals surface area contributed by atoms with Gasteiger partial charge < -0.3 is 16.0 Å². The Morgan fingerprint density at radius 1 is 0.946 bits per heavy atom. The van der Waals surface area contributed by atoms with Crippen molar-refractivity contribution >= 4 is 39.9 Å². The number of pyridine rings is 1. The van der Waals surface area contributed by atoms with Crippen LogP contribution in [0.25, 0.3) is 10.9 Å². The minimum atomic E-state index is -0.200. The Labute approximate surface area is 216 Å². The highest BCUT2D eigenvalue weighted by Crippen LogP contribution is 2.28. The lowest BCUT2D eigenvalue weighted by atomic mass is 9.95. The number of benzene rings is 2. The van der Waals surface area contributed by atoms with Crippen molar-refractivity contribution in [3.63, 3.8) is 0 Å². The molecular weight excluding hydrogens is 464 g/mol. The number of anilines is 3. The van der Waals surface area contributed by atoms with E-state index in [9.17, 15) is 9.59 Å². The number of aryl methyl sites for hydroxylation is 2. The first-order valence-electron chi connectivity index (χ1n) is 12.9. The number of nitrogens with zero attached hydrogens (tertiary/aromatic N) is 2. The Hall–Kier alpha value is -4.20. The zero-order valence-electron chi connectivity index (χ0n) is 21.0. The van der Waals surface area contributed by atoms with Crippen LogP contribution >= 0.6 is 0 Å². The van der Waals surface area contributed by atoms with Crippen molar-refractivity contribution in [3.05, 3.63) is 77.6 Å². The maximum atomic E-state index is 12.7. The highest BCUT2D eigenvalue weighted by Gasteiger charge is 2.17. The van der Waals surface area contributed by atoms with Gasteiger partial charge in [-0.15, -0.1) is 0 Å². The maximum absolute atomic E-state index is 12.7. The van der Waals surface area contributed by atoms with Gasteiger partial charge in [-0.2, -0.15) is 5.10 Å². The van der Waals surface area contributed by atoms with Crippen LogP contribution in [0.3, 0.4) is 0 Å². The second kappa shape index (κ2) is 11.2. The van der Waals surface area contributed by atoms with Gasteiger partial charge in [0.05, 0.1) is 16.6 Å². The van der Waals surface area contributed by atoms with E-state index in [1.165, 1.54) is 39.0 Å². The van der Waals surface area contributed by atoms with Crippen LogP contribution in [0.2, 0.25) is 0 Å². The van der Waals surface area contributed by atoms with E-state index in [2.05, 4.69) is 31.1 Å². The van der Waals surface area contributed by atoms with Gasteiger partial charge in [0.15, 0.2) is 0 Å². The summed E-state index contributed by atoms with van der Waals surface area (Å²) >= 11 is 0. The largest absolute Gasteiger partial charge is 0.367 e. The molecule has 0 atom stereocenters. The van der Waals surface area contributed by atoms with Crippen molar-refractivity contribution < 1.29 is 9.59 Å². The summed E-state index contributed by atoms with van der Waals surface area (Å²) in [4.78, 5) is 28.6. The van der Waals surface area contributed by atoms with Crippen LogP contribution in [-0.2, 0) is 17.6 Å². The van der Waals surface area contributed by atoms with Crippen LogP contribution in [0.1, 0.15) is 60.6 Å². The molecule has 2 heterocycles. The third-order valence-corrected chi connectivity index (χ3v) is 6.80. The first kappa shape index (κ1) is 24.5. The maximum Gasteiger partial charge on any atom is 0.255 e. The van der Waals surface area contributed by atoms with Crippen LogP contribution in [0.4, 0.5) is 17.2 Å². The van der Waals surface area contributed by atoms with Crippen molar-refractivity contribution in [3.8, 4) is 0 Å². The fraction of sp³-hybridized carbons (Fsp3) is 0.310. The minimum Gasteiger partial charge on any atom is -0.367 e. The predicted octanol–water partition coefficient (Wildman–Crippen LogP) is 5.70. The quantitative estimate of drug-likeness (QED) is 0.250. The summed E-state index contributed by atoms with van der Waals surface area (Å²) in [7, 11) is 0. The van der Waals surface area contributed by atoms with E-state index in [4.69, 9.17) is 0 Å². The van der Waals surface area contributed by atoms with Gasteiger partial charge in [-0.1, -0.05) is 37.5 Å². The van der Waals surface area contributed by atoms with Crippen molar-refractivity contribution in [2.75, 3.05) is 16.0 Å². The van der Waals surface area contributed by atoms with Crippen LogP contribution in [0.5, 0.6) is 0 Å². The van der Waals surface area contributed by atoms with Gasteiger partial charge in [0, 0.05) is 36.1 Å². The van der Waals surface area contributed by atoms with Crippen LogP contribution < -0.4 is 16.0 Å². The molecule has 0 bridgehead atoms. The number of hydrogen-bond donors (Lipinski definition) is 4. The van der Waals surface area contributed by atoms with Gasteiger partial charge in [0.25, 0.3) is 5.91 Å². The molecule has 37 heavy (non-hydrogen) atoms. The summed E-state index contributed by atoms with van der Waals surface area (Å²) in [6.07, 6.45) is 9.63. The van der Waals surface area contributed by atoms with Crippen LogP contribution in [0, 0.1) is 0 Å². The molecule has 4 N–H and O–H groups in total. The van der Waals surface area contributed by atoms with E-state index >= 15 is 0 Å². The number of H-pyrrole nitrogens is 1. The smallest absolute Gasteiger partial charge is 0.255 e. The fourth-order valence-electron chi connectivity index (χ4n) is 4.93. The molecule has 0 radical (unpaired) electrons. The second-order valence-corrected chi connectivity index (χ2v) is 9.64. The zero-order valence-corrected chi connectivity index (χ0v) is 21.0. The molecule has 0 unspecified atom stereocenters. The number of amides is 2. The number of hydrogen-bond acceptors (Lipinski definition) is 5. The standard InChI is InChI=1S/C29H32N6O2/c1-19(36)31-23-8-5-9-24(18-23)33-29(37)21-13-10-20(11-14-21)12-15-25-27-26(35-34-25)16-17-30-28(27)32-22-6-3-2-4-7-22/h5,8-11,13-14,16-18,22H,2-4,6-7,12,15H2,1H3,(H,30,32)(H,31,36)(H,33,37)(H,34,35). The van der Waals surface area contributed by atoms with E-state index in [0.29, 0.717) is 23.0 Å². The molecule has 8 nitrogen and oxygen atoms in total. The number of aromatic nitrogens is 3. The molecule has 8 heteroatoms. The molecule has 2 amide bonds. The summed E-state index contributed by atoms with van der Waals surface area (Å²) in [6, 6.07) is 17.2. The van der Waals surface area contributed by atoms with Gasteiger partial charge in [0.2, 0.25) is 5.91 Å². The molecule has 5 rings (SSSR count). The Morgan fingerprint density at radius 2 is 1.70 bits per heavy atom. The molecule has 0 saturated heterocycles. The third-order valence-electron chi connectivity index (χ3n) is 6.80. The van der Waals surface area contributed by atoms with Gasteiger partial charge in [0.1, 0.15) is 5.82 Å². The van der Waals surface area contributed by atoms with E-state index in [-0.39, 0.29) is 11.8 Å². The number of rotatable bonds is 8. The molecule has 0 aliphatic heterocycles. The van der Waals surface area contributed by atoms with E-state index in [1.807, 2.05) is 36.5 Å². The Kier molecular flexibility index (Phi) is 7.44. The summed E-state index contributed by atoms with van der Waals surface area (Å²) in [6.45, 7) is 1.45. The highest BCUT2D eigenvalue weighted by molar-refractivity contribution is 6.04. The molecular formula is C29H32N6O2. The summed E-state index contributed by atoms with van der Waals surface area (Å²) in [5, 5.41) is 18.1. The van der Waals surface area contributed by atoms with Crippen LogP contribution in [-0.4, -0.2) is 33.0 Å². The van der Waals surface area contributed by atoms with Gasteiger partial charge in [-0.25, -0.2) is 4.98 Å². The monoisotopic (exact) mass is 496 g/mol. The van der Waals surface area contributed by atoms with Crippen molar-refractivity contribution in [2.45, 2.75) is 57.9 Å². The number of carbonyl (C=O) groups is 2. The van der Waals surface area contributed by atoms with Gasteiger partial charge in [-0.05, 0) is 67.6 Å². The average Bonchev–Trinajstić information content (AvgIpc) is 3.32. The number of aromatic amines is 1. The normalized spacial score (nSPS) is 13.9. The van der Waals surface area contributed by atoms with E-state index in [1.54, 1.807) is 24.3 Å². The topological polar surface area (TPSA) is 112 Å². The molecule has 4 aromatic rings. The third kappa shape index (κ3) is 6.14. The van der Waals surface area contributed by atoms with Gasteiger partial charge >= 0.3 is 0 Å². The predicted molar refractivity (Wildman–Crippen MR) is 147 cm³/mol. The summed E-state index contributed by atoms with van der Waals surface area (Å²) in [5.41, 5.74) is 4.96. The molecule has 190 valence electrons. The minimum absolute atomic E-state index is 0.158. The van der Waals surface area contributed by atoms with Gasteiger partial charge in [-0.3, -0.25) is 14.7 Å². The molecule has 2 aromatic carbocycles. The van der Waals surface area contributed by atoms with Crippen molar-refractivity contribution in [1.82, 2.24) is 15.2 Å². The van der Waals surface area contributed by atoms with E-state index < -0.39 is 0 Å². The Bertz CT molecular complexity index is 1390. The lowest BCUT2D eigenvalue weighted by Crippen LogP contribution is -2.23. The number of carbonyl (C=O) groups excluding carboxylic acids is 2. The average molecular weight is 497 g/mol. The number of nitrogens with one attached hydrogen (secondary N) is 4. The first-order valence-corrected chi connectivity index (χ1v) is 12.9. The fourth-order valence-corrected chi connectivity index (χ4v) is 4.93. The molecule has 0 spiro atoms. The lowest BCUT2D eigenvalue weighted by Gasteiger charge is -2.23. The lowest BCUT2D eigenvalue weighted by molar-refractivity contribution is -0.114. The summed E-state index contributed by atoms with van der Waals surface area (Å²) < 4.78 is 0. The second-order valence-electron chi connectivity index (χ2n) is 9.64. The van der Waals surface area contributed by atoms with Crippen LogP contribution in [0.15, 0.2) is 60.8 Å². The first-order chi connectivity index (χ1) is 18.0. The summed E-state index contributed by atoms with van der Waals surface area (Å²) in [5.74, 6) is 0.562. The molecule has 1 aliphatic rings. The molecule has 2 aromatic heterocycles. The molecule has 1 aliphatic carbocycles. The number of fused-ring (bicyclic) bond motifs is 1. The van der Waals surface area contributed by atoms with Crippen molar-refractivity contribution in [2.24, 2.45) is 0 Å². The Morgan fingerprint density at radius 3 is 2.46 bits per heavy atom. The molecule has 1 fully saturated rings. The van der Waals surface area contributed by atoms with E-state index in [0.717, 1.165) is 40.8 Å². The SMILES string of the molecule is CC(=O)Nc1cccc(NC(=O)c2ccc(CCc3n[nH]c4ccnc(NC5CCCCC5)c34)cc2)c1. The Balaban J connectivity index is 1.22. The molecule has 1 saturated carbocycles. The zero-order chi connectivity index (χ0) is 25.6. The van der Waals surface area contributed by atoms with Crippen molar-refractivity contribution in [1.29, 1.82) is 0 Å².